The summed E-state index contributed by atoms with van der Waals surface area (Å²) in [5.74, 6) is -1.12. The average Bonchev–Trinajstić information content (AvgIpc) is 2.83. The molecule has 2 aromatic rings. The maximum Gasteiger partial charge on any atom is 0.340 e. The summed E-state index contributed by atoms with van der Waals surface area (Å²) < 4.78 is 31.6. The normalized spacial score (nSPS) is 14.2. The number of ether oxygens (including phenoxy) is 1. The predicted molar refractivity (Wildman–Crippen MR) is 132 cm³/mol. The van der Waals surface area contributed by atoms with Gasteiger partial charge in [0.15, 0.2) is 6.61 Å². The Hall–Kier alpha value is -2.91. The van der Waals surface area contributed by atoms with Crippen LogP contribution in [-0.4, -0.2) is 64.9 Å². The molecule has 2 aromatic carbocycles. The van der Waals surface area contributed by atoms with Gasteiger partial charge in [0.25, 0.3) is 5.91 Å². The number of sulfonamides is 1. The third-order valence-corrected chi connectivity index (χ3v) is 7.79. The minimum absolute atomic E-state index is 0.00731. The molecule has 184 valence electrons. The van der Waals surface area contributed by atoms with E-state index in [0.29, 0.717) is 18.7 Å². The van der Waals surface area contributed by atoms with Crippen LogP contribution in [0.4, 0.5) is 5.69 Å². The molecule has 8 nitrogen and oxygen atoms in total. The maximum absolute atomic E-state index is 13.0. The molecule has 0 aromatic heterocycles. The van der Waals surface area contributed by atoms with E-state index in [4.69, 9.17) is 4.74 Å². The summed E-state index contributed by atoms with van der Waals surface area (Å²) in [7, 11) is -0.851. The van der Waals surface area contributed by atoms with Crippen molar-refractivity contribution in [2.75, 3.05) is 45.2 Å². The zero-order valence-corrected chi connectivity index (χ0v) is 20.9. The van der Waals surface area contributed by atoms with Crippen LogP contribution in [0.3, 0.4) is 0 Å². The van der Waals surface area contributed by atoms with Crippen LogP contribution in [0, 0.1) is 6.92 Å². The number of piperidine rings is 1. The van der Waals surface area contributed by atoms with Crippen LogP contribution in [-0.2, 0) is 26.0 Å². The molecule has 3 rings (SSSR count). The van der Waals surface area contributed by atoms with Crippen LogP contribution in [0.5, 0.6) is 0 Å². The molecule has 0 radical (unpaired) electrons. The lowest BCUT2D eigenvalue weighted by Gasteiger charge is -2.30. The van der Waals surface area contributed by atoms with Gasteiger partial charge in [0.05, 0.1) is 16.1 Å². The first kappa shape index (κ1) is 25.7. The number of rotatable bonds is 9. The van der Waals surface area contributed by atoms with Crippen molar-refractivity contribution in [1.29, 1.82) is 0 Å². The standard InChI is InChI=1S/C25H33N3O5S/c1-19-9-5-6-10-20(19)13-14-26-24(29)18-33-25(30)22-17-21(34(31,32)27(2)3)11-12-23(22)28-15-7-4-8-16-28/h5-6,9-12,17H,4,7-8,13-16,18H2,1-3H3,(H,26,29). The van der Waals surface area contributed by atoms with Crippen molar-refractivity contribution in [2.45, 2.75) is 37.5 Å². The molecule has 1 aliphatic rings. The molecule has 1 amide bonds. The minimum atomic E-state index is -3.73. The molecule has 34 heavy (non-hydrogen) atoms. The molecule has 0 unspecified atom stereocenters. The molecule has 9 heteroatoms. The first-order valence-corrected chi connectivity index (χ1v) is 12.9. The smallest absolute Gasteiger partial charge is 0.340 e. The fourth-order valence-electron chi connectivity index (χ4n) is 3.95. The highest BCUT2D eigenvalue weighted by Crippen LogP contribution is 2.28. The Kier molecular flexibility index (Phi) is 8.68. The molecule has 1 heterocycles. The van der Waals surface area contributed by atoms with Gasteiger partial charge >= 0.3 is 5.97 Å². The van der Waals surface area contributed by atoms with Crippen LogP contribution >= 0.6 is 0 Å². The van der Waals surface area contributed by atoms with Gasteiger partial charge in [-0.05, 0) is 61.9 Å². The molecule has 0 saturated carbocycles. The highest BCUT2D eigenvalue weighted by molar-refractivity contribution is 7.89. The maximum atomic E-state index is 13.0. The number of hydrogen-bond acceptors (Lipinski definition) is 6. The Morgan fingerprint density at radius 2 is 1.76 bits per heavy atom. The zero-order valence-electron chi connectivity index (χ0n) is 20.0. The Labute approximate surface area is 201 Å². The van der Waals surface area contributed by atoms with E-state index >= 15 is 0 Å². The molecule has 0 bridgehead atoms. The monoisotopic (exact) mass is 487 g/mol. The second-order valence-electron chi connectivity index (χ2n) is 8.62. The first-order chi connectivity index (χ1) is 16.2. The Morgan fingerprint density at radius 1 is 1.06 bits per heavy atom. The second-order valence-corrected chi connectivity index (χ2v) is 10.8. The number of benzene rings is 2. The van der Waals surface area contributed by atoms with Crippen molar-refractivity contribution in [3.05, 3.63) is 59.2 Å². The van der Waals surface area contributed by atoms with Crippen molar-refractivity contribution in [2.24, 2.45) is 0 Å². The summed E-state index contributed by atoms with van der Waals surface area (Å²) in [6.45, 7) is 3.57. The van der Waals surface area contributed by atoms with Crippen LogP contribution in [0.25, 0.3) is 0 Å². The number of hydrogen-bond donors (Lipinski definition) is 1. The van der Waals surface area contributed by atoms with Gasteiger partial charge in [-0.25, -0.2) is 17.5 Å². The number of carbonyl (C=O) groups excluding carboxylic acids is 2. The van der Waals surface area contributed by atoms with Gasteiger partial charge in [-0.1, -0.05) is 24.3 Å². The number of carbonyl (C=O) groups is 2. The van der Waals surface area contributed by atoms with E-state index in [-0.39, 0.29) is 10.5 Å². The van der Waals surface area contributed by atoms with Crippen molar-refractivity contribution in [1.82, 2.24) is 9.62 Å². The van der Waals surface area contributed by atoms with Crippen LogP contribution in [0.1, 0.15) is 40.7 Å². The molecule has 1 fully saturated rings. The fourth-order valence-corrected chi connectivity index (χ4v) is 4.88. The lowest BCUT2D eigenvalue weighted by atomic mass is 10.1. The van der Waals surface area contributed by atoms with Crippen molar-refractivity contribution >= 4 is 27.6 Å². The predicted octanol–water partition coefficient (Wildman–Crippen LogP) is 2.75. The summed E-state index contributed by atoms with van der Waals surface area (Å²) >= 11 is 0. The molecule has 1 aliphatic heterocycles. The van der Waals surface area contributed by atoms with E-state index in [1.54, 1.807) is 6.07 Å². The summed E-state index contributed by atoms with van der Waals surface area (Å²) in [5.41, 5.74) is 3.07. The third-order valence-electron chi connectivity index (χ3n) is 5.98. The van der Waals surface area contributed by atoms with Gasteiger partial charge < -0.3 is 15.0 Å². The molecular weight excluding hydrogens is 454 g/mol. The molecule has 1 N–H and O–H groups in total. The molecule has 0 aliphatic carbocycles. The third kappa shape index (κ3) is 6.36. The number of esters is 1. The number of aryl methyl sites for hydroxylation is 1. The quantitative estimate of drug-likeness (QED) is 0.547. The average molecular weight is 488 g/mol. The van der Waals surface area contributed by atoms with E-state index < -0.39 is 28.5 Å². The minimum Gasteiger partial charge on any atom is -0.452 e. The van der Waals surface area contributed by atoms with Crippen LogP contribution < -0.4 is 10.2 Å². The van der Waals surface area contributed by atoms with Gasteiger partial charge in [0, 0.05) is 33.7 Å². The Morgan fingerprint density at radius 3 is 2.44 bits per heavy atom. The van der Waals surface area contributed by atoms with Crippen LogP contribution in [0.2, 0.25) is 0 Å². The number of anilines is 1. The van der Waals surface area contributed by atoms with Gasteiger partial charge in [-0.3, -0.25) is 4.79 Å². The summed E-state index contributed by atoms with van der Waals surface area (Å²) in [4.78, 5) is 27.3. The molecule has 0 atom stereocenters. The zero-order chi connectivity index (χ0) is 24.7. The van der Waals surface area contributed by atoms with E-state index in [0.717, 1.165) is 47.8 Å². The van der Waals surface area contributed by atoms with E-state index in [9.17, 15) is 18.0 Å². The SMILES string of the molecule is Cc1ccccc1CCNC(=O)COC(=O)c1cc(S(=O)(=O)N(C)C)ccc1N1CCCCC1. The molecule has 1 saturated heterocycles. The number of nitrogens with zero attached hydrogens (tertiary/aromatic N) is 2. The van der Waals surface area contributed by atoms with Crippen molar-refractivity contribution in [3.63, 3.8) is 0 Å². The summed E-state index contributed by atoms with van der Waals surface area (Å²) in [6, 6.07) is 12.5. The first-order valence-electron chi connectivity index (χ1n) is 11.5. The van der Waals surface area contributed by atoms with E-state index in [1.165, 1.54) is 26.2 Å². The largest absolute Gasteiger partial charge is 0.452 e. The number of amides is 1. The highest BCUT2D eigenvalue weighted by atomic mass is 32.2. The van der Waals surface area contributed by atoms with Gasteiger partial charge in [-0.2, -0.15) is 0 Å². The second kappa shape index (κ2) is 11.5. The topological polar surface area (TPSA) is 96.0 Å². The van der Waals surface area contributed by atoms with Gasteiger partial charge in [-0.15, -0.1) is 0 Å². The van der Waals surface area contributed by atoms with E-state index in [1.807, 2.05) is 31.2 Å². The van der Waals surface area contributed by atoms with Crippen LogP contribution in [0.15, 0.2) is 47.4 Å². The molecule has 0 spiro atoms. The van der Waals surface area contributed by atoms with Gasteiger partial charge in [0.1, 0.15) is 0 Å². The van der Waals surface area contributed by atoms with Gasteiger partial charge in [0.2, 0.25) is 10.0 Å². The fraction of sp³-hybridized carbons (Fsp3) is 0.440. The molecular formula is C25H33N3O5S. The highest BCUT2D eigenvalue weighted by Gasteiger charge is 2.25. The van der Waals surface area contributed by atoms with Crippen molar-refractivity contribution in [3.8, 4) is 0 Å². The Bertz CT molecular complexity index is 1130. The lowest BCUT2D eigenvalue weighted by Crippen LogP contribution is -2.33. The van der Waals surface area contributed by atoms with Crippen molar-refractivity contribution < 1.29 is 22.7 Å². The summed E-state index contributed by atoms with van der Waals surface area (Å²) in [6.07, 6.45) is 3.78. The summed E-state index contributed by atoms with van der Waals surface area (Å²) in [5, 5.41) is 2.76. The lowest BCUT2D eigenvalue weighted by molar-refractivity contribution is -0.124. The number of nitrogens with one attached hydrogen (secondary N) is 1. The van der Waals surface area contributed by atoms with E-state index in [2.05, 4.69) is 10.2 Å². The Balaban J connectivity index is 1.68.